The number of hydrogen-bond acceptors (Lipinski definition) is 2. The molecule has 0 aliphatic heterocycles. The number of halogens is 2. The normalized spacial score (nSPS) is 12.5. The Morgan fingerprint density at radius 1 is 1.35 bits per heavy atom. The number of Topliss-reactive ketones (excluding diaryl/α,β-unsaturated/α-hetero) is 1. The molecule has 0 aromatic heterocycles. The predicted molar refractivity (Wildman–Crippen MR) is 70.9 cm³/mol. The molecule has 0 heterocycles. The van der Waals surface area contributed by atoms with Crippen molar-refractivity contribution in [1.29, 1.82) is 0 Å². The first-order valence-electron chi connectivity index (χ1n) is 5.66. The molecule has 0 aliphatic rings. The Bertz CT molecular complexity index is 391. The van der Waals surface area contributed by atoms with E-state index in [1.807, 2.05) is 13.8 Å². The molecule has 17 heavy (non-hydrogen) atoms. The summed E-state index contributed by atoms with van der Waals surface area (Å²) >= 11 is 11.8. The predicted octanol–water partition coefficient (Wildman–Crippen LogP) is 3.92. The number of carbonyl (C=O) groups excluding carboxylic acids is 1. The second-order valence-electron chi connectivity index (χ2n) is 3.73. The third kappa shape index (κ3) is 4.30. The molecule has 0 bridgehead atoms. The highest BCUT2D eigenvalue weighted by Crippen LogP contribution is 2.22. The first-order chi connectivity index (χ1) is 8.08. The van der Waals surface area contributed by atoms with Gasteiger partial charge in [0.15, 0.2) is 5.78 Å². The van der Waals surface area contributed by atoms with Gasteiger partial charge in [0.1, 0.15) is 6.10 Å². The monoisotopic (exact) mass is 274 g/mol. The van der Waals surface area contributed by atoms with Crippen LogP contribution in [0, 0.1) is 0 Å². The zero-order valence-corrected chi connectivity index (χ0v) is 11.5. The number of ether oxygens (including phenoxy) is 1. The molecular weight excluding hydrogens is 259 g/mol. The van der Waals surface area contributed by atoms with E-state index in [4.69, 9.17) is 27.9 Å². The van der Waals surface area contributed by atoms with Crippen molar-refractivity contribution >= 4 is 29.0 Å². The van der Waals surface area contributed by atoms with Gasteiger partial charge in [0.2, 0.25) is 0 Å². The summed E-state index contributed by atoms with van der Waals surface area (Å²) in [7, 11) is 0. The van der Waals surface area contributed by atoms with Gasteiger partial charge in [0, 0.05) is 23.1 Å². The Kier molecular flexibility index (Phi) is 5.96. The second kappa shape index (κ2) is 7.00. The molecule has 1 aromatic rings. The zero-order chi connectivity index (χ0) is 12.8. The molecule has 0 saturated carbocycles. The third-order valence-corrected chi connectivity index (χ3v) is 3.06. The third-order valence-electron chi connectivity index (χ3n) is 2.48. The average Bonchev–Trinajstić information content (AvgIpc) is 2.29. The van der Waals surface area contributed by atoms with Gasteiger partial charge in [0.25, 0.3) is 0 Å². The average molecular weight is 275 g/mol. The summed E-state index contributed by atoms with van der Waals surface area (Å²) in [5.41, 5.74) is 0.791. The Balaban J connectivity index is 2.73. The number of rotatable bonds is 6. The van der Waals surface area contributed by atoms with Crippen LogP contribution in [0.25, 0.3) is 0 Å². The summed E-state index contributed by atoms with van der Waals surface area (Å²) in [6.07, 6.45) is 0.624. The number of benzene rings is 1. The van der Waals surface area contributed by atoms with E-state index in [0.29, 0.717) is 23.1 Å². The molecule has 1 atom stereocenters. The number of hydrogen-bond donors (Lipinski definition) is 0. The van der Waals surface area contributed by atoms with E-state index in [2.05, 4.69) is 0 Å². The van der Waals surface area contributed by atoms with Gasteiger partial charge in [-0.1, -0.05) is 36.2 Å². The van der Waals surface area contributed by atoms with Crippen molar-refractivity contribution in [2.45, 2.75) is 32.8 Å². The van der Waals surface area contributed by atoms with Crippen molar-refractivity contribution in [3.05, 3.63) is 33.8 Å². The van der Waals surface area contributed by atoms with Crippen LogP contribution < -0.4 is 0 Å². The van der Waals surface area contributed by atoms with E-state index in [9.17, 15) is 4.79 Å². The van der Waals surface area contributed by atoms with Crippen molar-refractivity contribution in [1.82, 2.24) is 0 Å². The molecule has 1 aromatic carbocycles. The van der Waals surface area contributed by atoms with Crippen molar-refractivity contribution in [3.8, 4) is 0 Å². The SMILES string of the molecule is CCOC(CC)C(=O)Cc1ccc(Cl)cc1Cl. The molecule has 1 rings (SSSR count). The van der Waals surface area contributed by atoms with Crippen LogP contribution in [0.2, 0.25) is 10.0 Å². The van der Waals surface area contributed by atoms with E-state index >= 15 is 0 Å². The van der Waals surface area contributed by atoms with E-state index in [1.165, 1.54) is 0 Å². The van der Waals surface area contributed by atoms with E-state index < -0.39 is 0 Å². The van der Waals surface area contributed by atoms with Crippen LogP contribution in [-0.4, -0.2) is 18.5 Å². The first-order valence-corrected chi connectivity index (χ1v) is 6.42. The maximum atomic E-state index is 12.0. The van der Waals surface area contributed by atoms with Crippen molar-refractivity contribution in [2.75, 3.05) is 6.61 Å². The maximum absolute atomic E-state index is 12.0. The Hall–Kier alpha value is -0.570. The van der Waals surface area contributed by atoms with Gasteiger partial charge in [-0.05, 0) is 31.0 Å². The molecule has 0 spiro atoms. The van der Waals surface area contributed by atoms with Crippen LogP contribution in [0.15, 0.2) is 18.2 Å². The molecule has 0 fully saturated rings. The molecule has 2 nitrogen and oxygen atoms in total. The minimum Gasteiger partial charge on any atom is -0.371 e. The highest BCUT2D eigenvalue weighted by molar-refractivity contribution is 6.35. The van der Waals surface area contributed by atoms with Crippen LogP contribution in [0.4, 0.5) is 0 Å². The van der Waals surface area contributed by atoms with Gasteiger partial charge in [-0.15, -0.1) is 0 Å². The van der Waals surface area contributed by atoms with E-state index in [0.717, 1.165) is 5.56 Å². The van der Waals surface area contributed by atoms with Crippen LogP contribution in [0.3, 0.4) is 0 Å². The van der Waals surface area contributed by atoms with Crippen LogP contribution in [-0.2, 0) is 16.0 Å². The van der Waals surface area contributed by atoms with Gasteiger partial charge in [-0.25, -0.2) is 0 Å². The van der Waals surface area contributed by atoms with Gasteiger partial charge < -0.3 is 4.74 Å². The van der Waals surface area contributed by atoms with Crippen molar-refractivity contribution in [3.63, 3.8) is 0 Å². The lowest BCUT2D eigenvalue weighted by molar-refractivity contribution is -0.129. The molecule has 4 heteroatoms. The topological polar surface area (TPSA) is 26.3 Å². The lowest BCUT2D eigenvalue weighted by Crippen LogP contribution is -2.25. The van der Waals surface area contributed by atoms with Crippen LogP contribution >= 0.6 is 23.2 Å². The molecule has 0 N–H and O–H groups in total. The lowest BCUT2D eigenvalue weighted by Gasteiger charge is -2.14. The Morgan fingerprint density at radius 2 is 2.06 bits per heavy atom. The fourth-order valence-corrected chi connectivity index (χ4v) is 2.08. The number of carbonyl (C=O) groups is 1. The smallest absolute Gasteiger partial charge is 0.165 e. The fourth-order valence-electron chi connectivity index (χ4n) is 1.61. The summed E-state index contributed by atoms with van der Waals surface area (Å²) in [4.78, 5) is 12.0. The second-order valence-corrected chi connectivity index (χ2v) is 4.57. The molecular formula is C13H16Cl2O2. The molecule has 0 amide bonds. The minimum atomic E-state index is -0.341. The maximum Gasteiger partial charge on any atom is 0.165 e. The highest BCUT2D eigenvalue weighted by Gasteiger charge is 2.17. The summed E-state index contributed by atoms with van der Waals surface area (Å²) in [6.45, 7) is 4.35. The Morgan fingerprint density at radius 3 is 2.59 bits per heavy atom. The molecule has 0 saturated heterocycles. The van der Waals surface area contributed by atoms with Crippen LogP contribution in [0.1, 0.15) is 25.8 Å². The van der Waals surface area contributed by atoms with Crippen molar-refractivity contribution < 1.29 is 9.53 Å². The lowest BCUT2D eigenvalue weighted by atomic mass is 10.0. The van der Waals surface area contributed by atoms with Crippen LogP contribution in [0.5, 0.6) is 0 Å². The summed E-state index contributed by atoms with van der Waals surface area (Å²) in [6, 6.07) is 5.16. The fraction of sp³-hybridized carbons (Fsp3) is 0.462. The molecule has 1 unspecified atom stereocenters. The van der Waals surface area contributed by atoms with E-state index in [1.54, 1.807) is 18.2 Å². The Labute approximate surface area is 112 Å². The van der Waals surface area contributed by atoms with Gasteiger partial charge in [-0.2, -0.15) is 0 Å². The summed E-state index contributed by atoms with van der Waals surface area (Å²) in [5.74, 6) is 0.0542. The molecule has 0 aliphatic carbocycles. The highest BCUT2D eigenvalue weighted by atomic mass is 35.5. The minimum absolute atomic E-state index is 0.0542. The zero-order valence-electron chi connectivity index (χ0n) is 10.0. The summed E-state index contributed by atoms with van der Waals surface area (Å²) in [5, 5.41) is 1.10. The largest absolute Gasteiger partial charge is 0.371 e. The summed E-state index contributed by atoms with van der Waals surface area (Å²) < 4.78 is 5.37. The quantitative estimate of drug-likeness (QED) is 0.786. The molecule has 0 radical (unpaired) electrons. The molecule has 94 valence electrons. The standard InChI is InChI=1S/C13H16Cl2O2/c1-3-13(17-4-2)12(16)7-9-5-6-10(14)8-11(9)15/h5-6,8,13H,3-4,7H2,1-2H3. The van der Waals surface area contributed by atoms with Gasteiger partial charge in [-0.3, -0.25) is 4.79 Å². The van der Waals surface area contributed by atoms with Crippen molar-refractivity contribution in [2.24, 2.45) is 0 Å². The van der Waals surface area contributed by atoms with Gasteiger partial charge in [0.05, 0.1) is 0 Å². The first kappa shape index (κ1) is 14.5. The number of ketones is 1. The van der Waals surface area contributed by atoms with Gasteiger partial charge >= 0.3 is 0 Å². The van der Waals surface area contributed by atoms with E-state index in [-0.39, 0.29) is 18.3 Å².